The minimum absolute atomic E-state index is 0.0716. The molecule has 88 valence electrons. The highest BCUT2D eigenvalue weighted by atomic mass is 79.9. The first-order chi connectivity index (χ1) is 7.58. The van der Waals surface area contributed by atoms with Crippen molar-refractivity contribution in [2.24, 2.45) is 0 Å². The van der Waals surface area contributed by atoms with E-state index in [9.17, 15) is 10.1 Å². The summed E-state index contributed by atoms with van der Waals surface area (Å²) in [4.78, 5) is 10.4. The molecule has 1 rings (SSSR count). The van der Waals surface area contributed by atoms with Crippen molar-refractivity contribution in [3.05, 3.63) is 38.3 Å². The Balaban J connectivity index is 3.00. The zero-order valence-electron chi connectivity index (χ0n) is 8.97. The van der Waals surface area contributed by atoms with Gasteiger partial charge >= 0.3 is 0 Å². The van der Waals surface area contributed by atoms with Crippen molar-refractivity contribution in [1.29, 1.82) is 0 Å². The van der Waals surface area contributed by atoms with E-state index < -0.39 is 11.2 Å². The molecule has 16 heavy (non-hydrogen) atoms. The number of hydrogen-bond donors (Lipinski definition) is 0. The van der Waals surface area contributed by atoms with Crippen LogP contribution in [0.5, 0.6) is 0 Å². The van der Waals surface area contributed by atoms with E-state index in [-0.39, 0.29) is 5.69 Å². The highest BCUT2D eigenvalue weighted by molar-refractivity contribution is 9.10. The number of rotatable bonds is 5. The normalized spacial score (nSPS) is 10.8. The number of hydrogen-bond acceptors (Lipinski definition) is 4. The molecule has 5 nitrogen and oxygen atoms in total. The Morgan fingerprint density at radius 2 is 2.06 bits per heavy atom. The fourth-order valence-corrected chi connectivity index (χ4v) is 1.75. The molecule has 0 N–H and O–H groups in total. The minimum atomic E-state index is -0.479. The van der Waals surface area contributed by atoms with Crippen LogP contribution in [-0.4, -0.2) is 25.4 Å². The minimum Gasteiger partial charge on any atom is -0.356 e. The molecule has 0 aromatic heterocycles. The molecule has 0 aliphatic heterocycles. The van der Waals surface area contributed by atoms with Gasteiger partial charge in [-0.05, 0) is 12.1 Å². The summed E-state index contributed by atoms with van der Waals surface area (Å²) in [7, 11) is 3.00. The van der Waals surface area contributed by atoms with E-state index in [4.69, 9.17) is 9.47 Å². The largest absolute Gasteiger partial charge is 0.356 e. The van der Waals surface area contributed by atoms with Crippen molar-refractivity contribution >= 4 is 21.6 Å². The van der Waals surface area contributed by atoms with Crippen molar-refractivity contribution in [2.45, 2.75) is 12.7 Å². The summed E-state index contributed by atoms with van der Waals surface area (Å²) >= 11 is 3.27. The van der Waals surface area contributed by atoms with E-state index in [1.807, 2.05) is 0 Å². The van der Waals surface area contributed by atoms with Crippen LogP contribution in [0.3, 0.4) is 0 Å². The van der Waals surface area contributed by atoms with Gasteiger partial charge in [0.05, 0.1) is 4.92 Å². The van der Waals surface area contributed by atoms with Gasteiger partial charge in [-0.1, -0.05) is 15.9 Å². The Hall–Kier alpha value is -0.980. The number of nitro groups is 1. The maximum atomic E-state index is 10.8. The fraction of sp³-hybridized carbons (Fsp3) is 0.400. The third-order valence-corrected chi connectivity index (χ3v) is 2.64. The quantitative estimate of drug-likeness (QED) is 0.475. The molecular formula is C10H12BrNO4. The second kappa shape index (κ2) is 5.93. The molecular weight excluding hydrogens is 278 g/mol. The van der Waals surface area contributed by atoms with Crippen LogP contribution in [0, 0.1) is 10.1 Å². The second-order valence-corrected chi connectivity index (χ2v) is 4.05. The summed E-state index contributed by atoms with van der Waals surface area (Å²) < 4.78 is 10.8. The molecule has 0 saturated carbocycles. The van der Waals surface area contributed by atoms with Crippen molar-refractivity contribution in [3.8, 4) is 0 Å². The lowest BCUT2D eigenvalue weighted by Gasteiger charge is -2.13. The van der Waals surface area contributed by atoms with Crippen LogP contribution in [-0.2, 0) is 15.9 Å². The molecule has 0 atom stereocenters. The maximum Gasteiger partial charge on any atom is 0.272 e. The number of benzene rings is 1. The molecule has 0 saturated heterocycles. The molecule has 0 amide bonds. The van der Waals surface area contributed by atoms with E-state index in [1.54, 1.807) is 12.1 Å². The molecule has 1 aromatic rings. The molecule has 1 aromatic carbocycles. The Bertz CT molecular complexity index is 379. The lowest BCUT2D eigenvalue weighted by molar-refractivity contribution is -0.385. The Morgan fingerprint density at radius 3 is 2.56 bits per heavy atom. The van der Waals surface area contributed by atoms with E-state index >= 15 is 0 Å². The summed E-state index contributed by atoms with van der Waals surface area (Å²) in [5.41, 5.74) is 0.648. The van der Waals surface area contributed by atoms with E-state index in [1.165, 1.54) is 20.3 Å². The monoisotopic (exact) mass is 289 g/mol. The first kappa shape index (κ1) is 13.1. The van der Waals surface area contributed by atoms with Gasteiger partial charge in [0.15, 0.2) is 6.29 Å². The van der Waals surface area contributed by atoms with Crippen LogP contribution in [0.2, 0.25) is 0 Å². The highest BCUT2D eigenvalue weighted by Gasteiger charge is 2.17. The van der Waals surface area contributed by atoms with Gasteiger partial charge in [-0.3, -0.25) is 10.1 Å². The number of nitro benzene ring substituents is 1. The van der Waals surface area contributed by atoms with Crippen LogP contribution < -0.4 is 0 Å². The Kier molecular flexibility index (Phi) is 4.85. The number of halogens is 1. The molecule has 0 aliphatic carbocycles. The smallest absolute Gasteiger partial charge is 0.272 e. The average molecular weight is 290 g/mol. The molecule has 0 heterocycles. The second-order valence-electron chi connectivity index (χ2n) is 3.14. The molecule has 0 aliphatic rings. The van der Waals surface area contributed by atoms with Gasteiger partial charge < -0.3 is 9.47 Å². The fourth-order valence-electron chi connectivity index (χ4n) is 1.34. The SMILES string of the molecule is COC(Cc1cc(Br)ccc1[N+](=O)[O-])OC. The van der Waals surface area contributed by atoms with Gasteiger partial charge in [-0.25, -0.2) is 0 Å². The van der Waals surface area contributed by atoms with Crippen LogP contribution >= 0.6 is 15.9 Å². The van der Waals surface area contributed by atoms with Gasteiger partial charge in [0.1, 0.15) is 0 Å². The van der Waals surface area contributed by atoms with Gasteiger partial charge in [-0.15, -0.1) is 0 Å². The first-order valence-corrected chi connectivity index (χ1v) is 5.36. The van der Waals surface area contributed by atoms with Gasteiger partial charge in [-0.2, -0.15) is 0 Å². The van der Waals surface area contributed by atoms with Crippen LogP contribution in [0.15, 0.2) is 22.7 Å². The number of methoxy groups -OCH3 is 2. The van der Waals surface area contributed by atoms with Crippen LogP contribution in [0.1, 0.15) is 5.56 Å². The summed E-state index contributed by atoms with van der Waals surface area (Å²) in [6.07, 6.45) is -0.143. The van der Waals surface area contributed by atoms with E-state index in [0.29, 0.717) is 12.0 Å². The highest BCUT2D eigenvalue weighted by Crippen LogP contribution is 2.24. The van der Waals surface area contributed by atoms with E-state index in [2.05, 4.69) is 15.9 Å². The first-order valence-electron chi connectivity index (χ1n) is 4.57. The zero-order chi connectivity index (χ0) is 12.1. The Morgan fingerprint density at radius 1 is 1.44 bits per heavy atom. The predicted molar refractivity (Wildman–Crippen MR) is 62.3 cm³/mol. The molecule has 6 heteroatoms. The molecule has 0 spiro atoms. The van der Waals surface area contributed by atoms with Crippen molar-refractivity contribution in [1.82, 2.24) is 0 Å². The predicted octanol–water partition coefficient (Wildman–Crippen LogP) is 2.52. The lowest BCUT2D eigenvalue weighted by Crippen LogP contribution is -2.16. The average Bonchev–Trinajstić information content (AvgIpc) is 2.25. The van der Waals surface area contributed by atoms with Gasteiger partial charge in [0, 0.05) is 36.7 Å². The third-order valence-electron chi connectivity index (χ3n) is 2.15. The number of ether oxygens (including phenoxy) is 2. The third kappa shape index (κ3) is 3.26. The van der Waals surface area contributed by atoms with Crippen molar-refractivity contribution in [3.63, 3.8) is 0 Å². The van der Waals surface area contributed by atoms with Gasteiger partial charge in [0.2, 0.25) is 0 Å². The van der Waals surface area contributed by atoms with Crippen LogP contribution in [0.4, 0.5) is 5.69 Å². The van der Waals surface area contributed by atoms with Crippen molar-refractivity contribution < 1.29 is 14.4 Å². The van der Waals surface area contributed by atoms with Crippen LogP contribution in [0.25, 0.3) is 0 Å². The standard InChI is InChI=1S/C10H12BrNO4/c1-15-10(16-2)6-7-5-8(11)3-4-9(7)12(13)14/h3-5,10H,6H2,1-2H3. The summed E-state index contributed by atoms with van der Waals surface area (Å²) in [5.74, 6) is 0. The summed E-state index contributed by atoms with van der Waals surface area (Å²) in [6.45, 7) is 0. The Labute approximate surface area is 102 Å². The lowest BCUT2D eigenvalue weighted by atomic mass is 10.1. The maximum absolute atomic E-state index is 10.8. The van der Waals surface area contributed by atoms with Gasteiger partial charge in [0.25, 0.3) is 5.69 Å². The van der Waals surface area contributed by atoms with Crippen molar-refractivity contribution in [2.75, 3.05) is 14.2 Å². The molecule has 0 fully saturated rings. The molecule has 0 unspecified atom stereocenters. The molecule has 0 bridgehead atoms. The summed E-state index contributed by atoms with van der Waals surface area (Å²) in [6, 6.07) is 4.79. The number of nitrogens with zero attached hydrogens (tertiary/aromatic N) is 1. The topological polar surface area (TPSA) is 61.6 Å². The zero-order valence-corrected chi connectivity index (χ0v) is 10.6. The molecule has 0 radical (unpaired) electrons. The summed E-state index contributed by atoms with van der Waals surface area (Å²) in [5, 5.41) is 10.8. The van der Waals surface area contributed by atoms with E-state index in [0.717, 1.165) is 4.47 Å².